The van der Waals surface area contributed by atoms with Crippen molar-refractivity contribution in [3.63, 3.8) is 0 Å². The molecule has 1 aromatic carbocycles. The minimum atomic E-state index is -0.327. The van der Waals surface area contributed by atoms with E-state index in [0.29, 0.717) is 0 Å². The van der Waals surface area contributed by atoms with Gasteiger partial charge >= 0.3 is 0 Å². The molecule has 0 saturated heterocycles. The molecule has 2 rings (SSSR count). The zero-order valence-electron chi connectivity index (χ0n) is 9.39. The van der Waals surface area contributed by atoms with Crippen molar-refractivity contribution in [1.29, 1.82) is 0 Å². The Hall–Kier alpha value is -1.12. The Balaban J connectivity index is 1.94. The van der Waals surface area contributed by atoms with Crippen LogP contribution in [0.25, 0.3) is 0 Å². The zero-order chi connectivity index (χ0) is 11.4. The van der Waals surface area contributed by atoms with Crippen molar-refractivity contribution in [1.82, 2.24) is 0 Å². The van der Waals surface area contributed by atoms with Crippen LogP contribution in [-0.4, -0.2) is 5.11 Å². The van der Waals surface area contributed by atoms with Crippen LogP contribution in [0.4, 0.5) is 0 Å². The molecule has 0 amide bonds. The maximum atomic E-state index is 10.1. The standard InChI is InChI=1S/C14H16OS/c1-11-13(9-10-16-11)14(15)8-7-12-5-3-2-4-6-12/h2-6,9-10,14-15H,7-8H2,1H3. The molecule has 2 aromatic rings. The monoisotopic (exact) mass is 232 g/mol. The van der Waals surface area contributed by atoms with Crippen LogP contribution in [0.5, 0.6) is 0 Å². The molecule has 0 spiro atoms. The fourth-order valence-corrected chi connectivity index (χ4v) is 2.60. The van der Waals surface area contributed by atoms with Crippen molar-refractivity contribution in [3.8, 4) is 0 Å². The highest BCUT2D eigenvalue weighted by molar-refractivity contribution is 7.10. The van der Waals surface area contributed by atoms with E-state index in [1.54, 1.807) is 11.3 Å². The molecule has 16 heavy (non-hydrogen) atoms. The van der Waals surface area contributed by atoms with Crippen molar-refractivity contribution >= 4 is 11.3 Å². The highest BCUT2D eigenvalue weighted by atomic mass is 32.1. The Morgan fingerprint density at radius 1 is 1.19 bits per heavy atom. The first-order valence-corrected chi connectivity index (χ1v) is 6.41. The summed E-state index contributed by atoms with van der Waals surface area (Å²) in [5.74, 6) is 0. The topological polar surface area (TPSA) is 20.2 Å². The first-order valence-electron chi connectivity index (χ1n) is 5.53. The average Bonchev–Trinajstić information content (AvgIpc) is 2.74. The summed E-state index contributed by atoms with van der Waals surface area (Å²) in [6.45, 7) is 2.06. The number of hydrogen-bond acceptors (Lipinski definition) is 2. The number of aliphatic hydroxyl groups is 1. The van der Waals surface area contributed by atoms with Gasteiger partial charge in [-0.15, -0.1) is 11.3 Å². The van der Waals surface area contributed by atoms with E-state index in [9.17, 15) is 5.11 Å². The lowest BCUT2D eigenvalue weighted by molar-refractivity contribution is 0.167. The second-order valence-corrected chi connectivity index (χ2v) is 5.09. The lowest BCUT2D eigenvalue weighted by atomic mass is 10.0. The van der Waals surface area contributed by atoms with Gasteiger partial charge in [0.05, 0.1) is 6.10 Å². The Morgan fingerprint density at radius 2 is 1.94 bits per heavy atom. The Morgan fingerprint density at radius 3 is 2.56 bits per heavy atom. The van der Waals surface area contributed by atoms with Crippen molar-refractivity contribution < 1.29 is 5.11 Å². The number of aliphatic hydroxyl groups excluding tert-OH is 1. The molecule has 0 fully saturated rings. The van der Waals surface area contributed by atoms with E-state index in [1.807, 2.05) is 29.6 Å². The summed E-state index contributed by atoms with van der Waals surface area (Å²) in [5.41, 5.74) is 2.37. The van der Waals surface area contributed by atoms with Gasteiger partial charge in [-0.2, -0.15) is 0 Å². The smallest absolute Gasteiger partial charge is 0.0803 e. The zero-order valence-corrected chi connectivity index (χ0v) is 10.2. The summed E-state index contributed by atoms with van der Waals surface area (Å²) in [7, 11) is 0. The predicted octanol–water partition coefficient (Wildman–Crippen LogP) is 3.72. The largest absolute Gasteiger partial charge is 0.388 e. The molecule has 84 valence electrons. The molecule has 0 saturated carbocycles. The van der Waals surface area contributed by atoms with Crippen LogP contribution >= 0.6 is 11.3 Å². The lowest BCUT2D eigenvalue weighted by Crippen LogP contribution is -1.99. The van der Waals surface area contributed by atoms with Crippen LogP contribution in [0.15, 0.2) is 41.8 Å². The van der Waals surface area contributed by atoms with Gasteiger partial charge in [0.15, 0.2) is 0 Å². The van der Waals surface area contributed by atoms with E-state index in [1.165, 1.54) is 10.4 Å². The van der Waals surface area contributed by atoms with E-state index in [2.05, 4.69) is 19.1 Å². The molecule has 1 nitrogen and oxygen atoms in total. The summed E-state index contributed by atoms with van der Waals surface area (Å²) in [6.07, 6.45) is 1.39. The Kier molecular flexibility index (Phi) is 3.75. The van der Waals surface area contributed by atoms with E-state index in [0.717, 1.165) is 18.4 Å². The molecular weight excluding hydrogens is 216 g/mol. The second kappa shape index (κ2) is 5.28. The van der Waals surface area contributed by atoms with Crippen LogP contribution in [0, 0.1) is 6.92 Å². The van der Waals surface area contributed by atoms with Crippen LogP contribution in [0.1, 0.15) is 28.5 Å². The van der Waals surface area contributed by atoms with Crippen molar-refractivity contribution in [3.05, 3.63) is 57.8 Å². The Labute approximate surface area is 100 Å². The molecule has 1 heterocycles. The van der Waals surface area contributed by atoms with Gasteiger partial charge < -0.3 is 5.11 Å². The Bertz CT molecular complexity index is 433. The molecule has 1 N–H and O–H groups in total. The normalized spacial score (nSPS) is 12.6. The van der Waals surface area contributed by atoms with Gasteiger partial charge in [-0.3, -0.25) is 0 Å². The maximum Gasteiger partial charge on any atom is 0.0803 e. The van der Waals surface area contributed by atoms with Gasteiger partial charge in [0.1, 0.15) is 0 Å². The maximum absolute atomic E-state index is 10.1. The molecule has 1 unspecified atom stereocenters. The summed E-state index contributed by atoms with van der Waals surface area (Å²) in [6, 6.07) is 12.3. The van der Waals surface area contributed by atoms with Gasteiger partial charge in [0.2, 0.25) is 0 Å². The van der Waals surface area contributed by atoms with Gasteiger partial charge in [0, 0.05) is 4.88 Å². The van der Waals surface area contributed by atoms with E-state index in [-0.39, 0.29) is 6.10 Å². The molecule has 0 aliphatic heterocycles. The van der Waals surface area contributed by atoms with Crippen molar-refractivity contribution in [2.75, 3.05) is 0 Å². The number of benzene rings is 1. The van der Waals surface area contributed by atoms with Gasteiger partial charge in [-0.1, -0.05) is 30.3 Å². The number of rotatable bonds is 4. The number of aryl methyl sites for hydroxylation is 2. The third-order valence-corrected chi connectivity index (χ3v) is 3.67. The fourth-order valence-electron chi connectivity index (χ4n) is 1.84. The summed E-state index contributed by atoms with van der Waals surface area (Å²) in [5, 5.41) is 12.1. The van der Waals surface area contributed by atoms with Crippen LogP contribution in [-0.2, 0) is 6.42 Å². The summed E-state index contributed by atoms with van der Waals surface area (Å²) in [4.78, 5) is 1.22. The first-order chi connectivity index (χ1) is 7.77. The SMILES string of the molecule is Cc1sccc1C(O)CCc1ccccc1. The van der Waals surface area contributed by atoms with Gasteiger partial charge in [-0.05, 0) is 42.3 Å². The van der Waals surface area contributed by atoms with Crippen LogP contribution < -0.4 is 0 Å². The van der Waals surface area contributed by atoms with E-state index >= 15 is 0 Å². The third-order valence-electron chi connectivity index (χ3n) is 2.81. The van der Waals surface area contributed by atoms with Crippen molar-refractivity contribution in [2.45, 2.75) is 25.9 Å². The summed E-state index contributed by atoms with van der Waals surface area (Å²) >= 11 is 1.69. The van der Waals surface area contributed by atoms with Gasteiger partial charge in [0.25, 0.3) is 0 Å². The van der Waals surface area contributed by atoms with Crippen LogP contribution in [0.2, 0.25) is 0 Å². The summed E-state index contributed by atoms with van der Waals surface area (Å²) < 4.78 is 0. The molecular formula is C14H16OS. The van der Waals surface area contributed by atoms with Crippen LogP contribution in [0.3, 0.4) is 0 Å². The van der Waals surface area contributed by atoms with E-state index < -0.39 is 0 Å². The lowest BCUT2D eigenvalue weighted by Gasteiger charge is -2.10. The second-order valence-electron chi connectivity index (χ2n) is 3.97. The molecule has 0 aliphatic carbocycles. The number of thiophene rings is 1. The van der Waals surface area contributed by atoms with Gasteiger partial charge in [-0.25, -0.2) is 0 Å². The number of hydrogen-bond donors (Lipinski definition) is 1. The molecule has 0 aliphatic rings. The third kappa shape index (κ3) is 2.71. The quantitative estimate of drug-likeness (QED) is 0.851. The van der Waals surface area contributed by atoms with E-state index in [4.69, 9.17) is 0 Å². The average molecular weight is 232 g/mol. The molecule has 1 aromatic heterocycles. The molecule has 0 radical (unpaired) electrons. The highest BCUT2D eigenvalue weighted by Gasteiger charge is 2.10. The first kappa shape index (κ1) is 11.4. The molecule has 1 atom stereocenters. The predicted molar refractivity (Wildman–Crippen MR) is 68.8 cm³/mol. The molecule has 0 bridgehead atoms. The minimum Gasteiger partial charge on any atom is -0.388 e. The fraction of sp³-hybridized carbons (Fsp3) is 0.286. The highest BCUT2D eigenvalue weighted by Crippen LogP contribution is 2.25. The van der Waals surface area contributed by atoms with Crippen molar-refractivity contribution in [2.24, 2.45) is 0 Å². The molecule has 2 heteroatoms. The minimum absolute atomic E-state index is 0.327.